The van der Waals surface area contributed by atoms with Gasteiger partial charge in [-0.15, -0.1) is 0 Å². The average molecular weight is 325 g/mol. The molecule has 1 unspecified atom stereocenters. The van der Waals surface area contributed by atoms with Gasteiger partial charge in [0.15, 0.2) is 0 Å². The van der Waals surface area contributed by atoms with Crippen molar-refractivity contribution in [3.8, 4) is 5.75 Å². The van der Waals surface area contributed by atoms with E-state index in [1.54, 1.807) is 13.2 Å². The molecule has 0 aliphatic heterocycles. The molecule has 0 spiro atoms. The van der Waals surface area contributed by atoms with Crippen LogP contribution in [0.15, 0.2) is 41.0 Å². The van der Waals surface area contributed by atoms with Crippen LogP contribution >= 0.6 is 15.9 Å². The summed E-state index contributed by atoms with van der Waals surface area (Å²) in [7, 11) is 1.63. The Morgan fingerprint density at radius 1 is 1.32 bits per heavy atom. The Balaban J connectivity index is 2.13. The highest BCUT2D eigenvalue weighted by Gasteiger charge is 2.08. The summed E-state index contributed by atoms with van der Waals surface area (Å²) in [6.45, 7) is 2.03. The van der Waals surface area contributed by atoms with E-state index < -0.39 is 5.95 Å². The molecule has 0 fully saturated rings. The second-order valence-electron chi connectivity index (χ2n) is 4.13. The van der Waals surface area contributed by atoms with Crippen LogP contribution in [0.3, 0.4) is 0 Å². The van der Waals surface area contributed by atoms with Crippen LogP contribution in [-0.2, 0) is 0 Å². The predicted molar refractivity (Wildman–Crippen MR) is 76.9 cm³/mol. The Labute approximate surface area is 119 Å². The van der Waals surface area contributed by atoms with E-state index in [1.807, 2.05) is 25.1 Å². The fourth-order valence-corrected chi connectivity index (χ4v) is 2.30. The lowest BCUT2D eigenvalue weighted by atomic mass is 10.1. The summed E-state index contributed by atoms with van der Waals surface area (Å²) in [5.74, 6) is 0.310. The van der Waals surface area contributed by atoms with Crippen molar-refractivity contribution < 1.29 is 9.13 Å². The van der Waals surface area contributed by atoms with Crippen LogP contribution in [0.5, 0.6) is 5.75 Å². The highest BCUT2D eigenvalue weighted by molar-refractivity contribution is 9.10. The van der Waals surface area contributed by atoms with Gasteiger partial charge in [-0.2, -0.15) is 4.39 Å². The number of rotatable bonds is 4. The Kier molecular flexibility index (Phi) is 4.37. The standard InChI is InChI=1S/C14H14BrFN2O/c1-9(18-11-4-6-14(16)17-8-11)10-3-5-13(19-2)12(15)7-10/h3-9,18H,1-2H3. The first kappa shape index (κ1) is 13.8. The molecule has 5 heteroatoms. The molecule has 3 nitrogen and oxygen atoms in total. The average Bonchev–Trinajstić information content (AvgIpc) is 2.41. The molecule has 1 aromatic heterocycles. The van der Waals surface area contributed by atoms with Gasteiger partial charge >= 0.3 is 0 Å². The smallest absolute Gasteiger partial charge is 0.212 e. The molecule has 1 N–H and O–H groups in total. The number of ether oxygens (including phenoxy) is 1. The number of benzene rings is 1. The Morgan fingerprint density at radius 3 is 2.68 bits per heavy atom. The van der Waals surface area contributed by atoms with Gasteiger partial charge in [0.1, 0.15) is 5.75 Å². The van der Waals surface area contributed by atoms with Gasteiger partial charge in [0.05, 0.1) is 23.5 Å². The number of methoxy groups -OCH3 is 1. The third-order valence-corrected chi connectivity index (χ3v) is 3.41. The number of hydrogen-bond acceptors (Lipinski definition) is 3. The third kappa shape index (κ3) is 3.44. The molecule has 0 saturated heterocycles. The van der Waals surface area contributed by atoms with Crippen molar-refractivity contribution >= 4 is 21.6 Å². The van der Waals surface area contributed by atoms with Crippen molar-refractivity contribution in [3.05, 3.63) is 52.5 Å². The molecule has 2 rings (SSSR count). The first-order valence-electron chi connectivity index (χ1n) is 5.81. The summed E-state index contributed by atoms with van der Waals surface area (Å²) in [5, 5.41) is 3.26. The number of anilines is 1. The van der Waals surface area contributed by atoms with Crippen molar-refractivity contribution in [1.82, 2.24) is 4.98 Å². The molecule has 0 aliphatic carbocycles. The van der Waals surface area contributed by atoms with Crippen molar-refractivity contribution in [2.24, 2.45) is 0 Å². The number of pyridine rings is 1. The van der Waals surface area contributed by atoms with Crippen molar-refractivity contribution in [2.45, 2.75) is 13.0 Å². The number of nitrogens with one attached hydrogen (secondary N) is 1. The molecule has 19 heavy (non-hydrogen) atoms. The second kappa shape index (κ2) is 6.02. The maximum Gasteiger partial charge on any atom is 0.212 e. The maximum atomic E-state index is 12.7. The Hall–Kier alpha value is -1.62. The highest BCUT2D eigenvalue weighted by atomic mass is 79.9. The maximum absolute atomic E-state index is 12.7. The zero-order valence-electron chi connectivity index (χ0n) is 10.7. The molecule has 2 aromatic rings. The summed E-state index contributed by atoms with van der Waals surface area (Å²) in [5.41, 5.74) is 1.87. The number of aromatic nitrogens is 1. The molecule has 0 bridgehead atoms. The lowest BCUT2D eigenvalue weighted by Gasteiger charge is -2.16. The fraction of sp³-hybridized carbons (Fsp3) is 0.214. The molecule has 1 aromatic carbocycles. The largest absolute Gasteiger partial charge is 0.496 e. The molecule has 100 valence electrons. The van der Waals surface area contributed by atoms with Gasteiger partial charge in [-0.05, 0) is 52.7 Å². The normalized spacial score (nSPS) is 12.0. The summed E-state index contributed by atoms with van der Waals surface area (Å²) in [6, 6.07) is 8.96. The van der Waals surface area contributed by atoms with Gasteiger partial charge in [0.25, 0.3) is 0 Å². The van der Waals surface area contributed by atoms with E-state index in [4.69, 9.17) is 4.74 Å². The van der Waals surface area contributed by atoms with Crippen molar-refractivity contribution in [2.75, 3.05) is 12.4 Å². The van der Waals surface area contributed by atoms with E-state index >= 15 is 0 Å². The first-order chi connectivity index (χ1) is 9.10. The zero-order valence-corrected chi connectivity index (χ0v) is 12.2. The van der Waals surface area contributed by atoms with Crippen molar-refractivity contribution in [1.29, 1.82) is 0 Å². The molecule has 0 aliphatic rings. The third-order valence-electron chi connectivity index (χ3n) is 2.79. The van der Waals surface area contributed by atoms with Gasteiger partial charge in [0.2, 0.25) is 5.95 Å². The Morgan fingerprint density at radius 2 is 2.11 bits per heavy atom. The Bertz CT molecular complexity index is 560. The van der Waals surface area contributed by atoms with Crippen LogP contribution in [0.4, 0.5) is 10.1 Å². The lowest BCUT2D eigenvalue weighted by Crippen LogP contribution is -2.07. The predicted octanol–water partition coefficient (Wildman–Crippen LogP) is 4.16. The molecule has 0 amide bonds. The molecule has 0 saturated carbocycles. The van der Waals surface area contributed by atoms with E-state index in [1.165, 1.54) is 12.3 Å². The van der Waals surface area contributed by atoms with Gasteiger partial charge in [0, 0.05) is 6.04 Å². The van der Waals surface area contributed by atoms with Crippen LogP contribution in [0.2, 0.25) is 0 Å². The van der Waals surface area contributed by atoms with E-state index in [2.05, 4.69) is 26.2 Å². The van der Waals surface area contributed by atoms with Crippen LogP contribution in [0.25, 0.3) is 0 Å². The highest BCUT2D eigenvalue weighted by Crippen LogP contribution is 2.29. The SMILES string of the molecule is COc1ccc(C(C)Nc2ccc(F)nc2)cc1Br. The topological polar surface area (TPSA) is 34.1 Å². The van der Waals surface area contributed by atoms with E-state index in [0.717, 1.165) is 21.5 Å². The van der Waals surface area contributed by atoms with Crippen molar-refractivity contribution in [3.63, 3.8) is 0 Å². The summed E-state index contributed by atoms with van der Waals surface area (Å²) < 4.78 is 18.8. The number of nitrogens with zero attached hydrogens (tertiary/aromatic N) is 1. The van der Waals surface area contributed by atoms with Gasteiger partial charge in [-0.1, -0.05) is 6.07 Å². The summed E-state index contributed by atoms with van der Waals surface area (Å²) >= 11 is 3.46. The summed E-state index contributed by atoms with van der Waals surface area (Å²) in [4.78, 5) is 3.61. The summed E-state index contributed by atoms with van der Waals surface area (Å²) in [6.07, 6.45) is 1.48. The lowest BCUT2D eigenvalue weighted by molar-refractivity contribution is 0.412. The number of halogens is 2. The minimum atomic E-state index is -0.481. The second-order valence-corrected chi connectivity index (χ2v) is 4.98. The first-order valence-corrected chi connectivity index (χ1v) is 6.61. The van der Waals surface area contributed by atoms with E-state index in [-0.39, 0.29) is 6.04 Å². The molecule has 1 heterocycles. The minimum absolute atomic E-state index is 0.0782. The van der Waals surface area contributed by atoms with Crippen LogP contribution < -0.4 is 10.1 Å². The zero-order chi connectivity index (χ0) is 13.8. The van der Waals surface area contributed by atoms with Gasteiger partial charge < -0.3 is 10.1 Å². The van der Waals surface area contributed by atoms with Crippen LogP contribution in [-0.4, -0.2) is 12.1 Å². The molecular weight excluding hydrogens is 311 g/mol. The van der Waals surface area contributed by atoms with Crippen LogP contribution in [0.1, 0.15) is 18.5 Å². The van der Waals surface area contributed by atoms with E-state index in [0.29, 0.717) is 0 Å². The molecular formula is C14H14BrFN2O. The quantitative estimate of drug-likeness (QED) is 0.857. The monoisotopic (exact) mass is 324 g/mol. The van der Waals surface area contributed by atoms with Gasteiger partial charge in [-0.3, -0.25) is 0 Å². The van der Waals surface area contributed by atoms with Gasteiger partial charge in [-0.25, -0.2) is 4.98 Å². The minimum Gasteiger partial charge on any atom is -0.496 e. The number of hydrogen-bond donors (Lipinski definition) is 1. The fourth-order valence-electron chi connectivity index (χ4n) is 1.75. The van der Waals surface area contributed by atoms with Crippen LogP contribution in [0, 0.1) is 5.95 Å². The molecule has 0 radical (unpaired) electrons. The van der Waals surface area contributed by atoms with E-state index in [9.17, 15) is 4.39 Å². The molecule has 1 atom stereocenters.